The molecule has 5 nitrogen and oxygen atoms in total. The second-order valence-corrected chi connectivity index (χ2v) is 4.62. The van der Waals surface area contributed by atoms with Gasteiger partial charge in [-0.2, -0.15) is 5.10 Å². The van der Waals surface area contributed by atoms with E-state index in [1.54, 1.807) is 0 Å². The highest BCUT2D eigenvalue weighted by Crippen LogP contribution is 2.23. The lowest BCUT2D eigenvalue weighted by molar-refractivity contribution is -0.116. The first kappa shape index (κ1) is 13.6. The molecule has 8 heteroatoms. The molecule has 2 rings (SSSR count). The number of aryl methyl sites for hydroxylation is 1. The topological polar surface area (TPSA) is 59.8 Å². The average Bonchev–Trinajstić information content (AvgIpc) is 2.84. The summed E-state index contributed by atoms with van der Waals surface area (Å²) in [6.07, 6.45) is 2.83. The molecule has 0 aliphatic rings. The lowest BCUT2D eigenvalue weighted by atomic mass is 10.2. The van der Waals surface area contributed by atoms with Crippen molar-refractivity contribution >= 4 is 27.5 Å². The van der Waals surface area contributed by atoms with Crippen LogP contribution in [0.2, 0.25) is 0 Å². The van der Waals surface area contributed by atoms with Crippen LogP contribution >= 0.6 is 15.9 Å². The summed E-state index contributed by atoms with van der Waals surface area (Å²) >= 11 is 2.96. The van der Waals surface area contributed by atoms with E-state index in [4.69, 9.17) is 0 Å². The zero-order valence-corrected chi connectivity index (χ0v) is 11.2. The molecule has 100 valence electrons. The van der Waals surface area contributed by atoms with E-state index in [0.717, 1.165) is 12.1 Å². The van der Waals surface area contributed by atoms with Gasteiger partial charge in [0.25, 0.3) is 0 Å². The lowest BCUT2D eigenvalue weighted by Crippen LogP contribution is -2.16. The maximum Gasteiger partial charge on any atom is 0.226 e. The van der Waals surface area contributed by atoms with Crippen LogP contribution in [0.5, 0.6) is 0 Å². The molecule has 0 saturated carbocycles. The average molecular weight is 331 g/mol. The Morgan fingerprint density at radius 3 is 2.63 bits per heavy atom. The highest BCUT2D eigenvalue weighted by atomic mass is 79.9. The van der Waals surface area contributed by atoms with E-state index in [1.165, 1.54) is 17.3 Å². The number of nitrogens with one attached hydrogen (secondary N) is 1. The summed E-state index contributed by atoms with van der Waals surface area (Å²) in [6, 6.07) is 2.16. The van der Waals surface area contributed by atoms with Gasteiger partial charge < -0.3 is 5.32 Å². The number of amides is 1. The highest BCUT2D eigenvalue weighted by Gasteiger charge is 2.13. The molecule has 0 unspecified atom stereocenters. The van der Waals surface area contributed by atoms with Crippen LogP contribution in [0.3, 0.4) is 0 Å². The van der Waals surface area contributed by atoms with Crippen LogP contribution in [-0.2, 0) is 11.3 Å². The minimum Gasteiger partial charge on any atom is -0.321 e. The first-order chi connectivity index (χ1) is 9.06. The van der Waals surface area contributed by atoms with Gasteiger partial charge in [0.05, 0.1) is 6.54 Å². The number of hydrogen-bond acceptors (Lipinski definition) is 3. The Morgan fingerprint density at radius 1 is 1.37 bits per heavy atom. The van der Waals surface area contributed by atoms with Gasteiger partial charge in [0.15, 0.2) is 11.6 Å². The summed E-state index contributed by atoms with van der Waals surface area (Å²) in [7, 11) is 0. The van der Waals surface area contributed by atoms with Crippen molar-refractivity contribution in [2.75, 3.05) is 5.32 Å². The lowest BCUT2D eigenvalue weighted by Gasteiger charge is -2.08. The molecule has 0 atom stereocenters. The number of carbonyl (C=O) groups is 1. The van der Waals surface area contributed by atoms with Gasteiger partial charge in [-0.3, -0.25) is 9.48 Å². The number of rotatable bonds is 4. The summed E-state index contributed by atoms with van der Waals surface area (Å²) in [5, 5.41) is 6.01. The number of carbonyl (C=O) groups excluding carboxylic acids is 1. The molecule has 1 aromatic carbocycles. The summed E-state index contributed by atoms with van der Waals surface area (Å²) in [5.41, 5.74) is -0.452. The first-order valence-corrected chi connectivity index (χ1v) is 6.12. The van der Waals surface area contributed by atoms with Crippen LogP contribution in [0.25, 0.3) is 0 Å². The second-order valence-electron chi connectivity index (χ2n) is 3.70. The SMILES string of the molecule is O=C(CCn1cncn1)Nc1c(F)cc(Br)cc1F. The standard InChI is InChI=1S/C11H9BrF2N4O/c12-7-3-8(13)11(9(14)4-7)17-10(19)1-2-18-6-15-5-16-18/h3-6H,1-2H2,(H,17,19). The number of benzene rings is 1. The van der Waals surface area contributed by atoms with Crippen LogP contribution in [-0.4, -0.2) is 20.7 Å². The first-order valence-electron chi connectivity index (χ1n) is 5.33. The largest absolute Gasteiger partial charge is 0.321 e. The molecule has 0 aliphatic heterocycles. The minimum atomic E-state index is -0.832. The van der Waals surface area contributed by atoms with Crippen molar-refractivity contribution in [2.24, 2.45) is 0 Å². The van der Waals surface area contributed by atoms with E-state index in [0.29, 0.717) is 0 Å². The molecule has 0 saturated heterocycles. The summed E-state index contributed by atoms with van der Waals surface area (Å²) in [6.45, 7) is 0.283. The number of aromatic nitrogens is 3. The molecule has 1 heterocycles. The third-order valence-electron chi connectivity index (χ3n) is 2.31. The van der Waals surface area contributed by atoms with Crippen LogP contribution in [0.4, 0.5) is 14.5 Å². The van der Waals surface area contributed by atoms with Crippen molar-refractivity contribution in [3.05, 3.63) is 40.9 Å². The van der Waals surface area contributed by atoms with Crippen molar-refractivity contribution in [2.45, 2.75) is 13.0 Å². The number of hydrogen-bond donors (Lipinski definition) is 1. The third-order valence-corrected chi connectivity index (χ3v) is 2.76. The second kappa shape index (κ2) is 5.87. The Hall–Kier alpha value is -1.83. The van der Waals surface area contributed by atoms with Crippen molar-refractivity contribution in [3.8, 4) is 0 Å². The van der Waals surface area contributed by atoms with Crippen LogP contribution in [0.1, 0.15) is 6.42 Å². The molecule has 0 aliphatic carbocycles. The van der Waals surface area contributed by atoms with Crippen LogP contribution in [0.15, 0.2) is 29.3 Å². The predicted molar refractivity (Wildman–Crippen MR) is 67.3 cm³/mol. The highest BCUT2D eigenvalue weighted by molar-refractivity contribution is 9.10. The van der Waals surface area contributed by atoms with Gasteiger partial charge in [-0.15, -0.1) is 0 Å². The Balaban J connectivity index is 1.99. The fraction of sp³-hybridized carbons (Fsp3) is 0.182. The van der Waals surface area contributed by atoms with E-state index < -0.39 is 23.2 Å². The molecule has 0 radical (unpaired) electrons. The van der Waals surface area contributed by atoms with Crippen molar-refractivity contribution < 1.29 is 13.6 Å². The molecule has 19 heavy (non-hydrogen) atoms. The molecule has 0 spiro atoms. The van der Waals surface area contributed by atoms with E-state index in [1.807, 2.05) is 0 Å². The molecule has 1 N–H and O–H groups in total. The van der Waals surface area contributed by atoms with Gasteiger partial charge in [0, 0.05) is 10.9 Å². The number of halogens is 3. The van der Waals surface area contributed by atoms with Gasteiger partial charge in [-0.25, -0.2) is 13.8 Å². The van der Waals surface area contributed by atoms with Gasteiger partial charge >= 0.3 is 0 Å². The molecule has 0 bridgehead atoms. The Bertz CT molecular complexity index is 565. The quantitative estimate of drug-likeness (QED) is 0.936. The zero-order chi connectivity index (χ0) is 13.8. The molecule has 1 amide bonds. The van der Waals surface area contributed by atoms with Crippen LogP contribution in [0, 0.1) is 11.6 Å². The van der Waals surface area contributed by atoms with Gasteiger partial charge in [0.2, 0.25) is 5.91 Å². The molecule has 2 aromatic rings. The predicted octanol–water partition coefficient (Wildman–Crippen LogP) is 2.35. The smallest absolute Gasteiger partial charge is 0.226 e. The minimum absolute atomic E-state index is 0.0400. The maximum atomic E-state index is 13.5. The summed E-state index contributed by atoms with van der Waals surface area (Å²) in [5.74, 6) is -2.17. The van der Waals surface area contributed by atoms with Crippen molar-refractivity contribution in [3.63, 3.8) is 0 Å². The zero-order valence-electron chi connectivity index (χ0n) is 9.61. The van der Waals surface area contributed by atoms with Crippen molar-refractivity contribution in [1.29, 1.82) is 0 Å². The van der Waals surface area contributed by atoms with Crippen LogP contribution < -0.4 is 5.32 Å². The third kappa shape index (κ3) is 3.57. The van der Waals surface area contributed by atoms with E-state index in [2.05, 4.69) is 31.3 Å². The number of anilines is 1. The fourth-order valence-corrected chi connectivity index (χ4v) is 1.83. The van der Waals surface area contributed by atoms with E-state index in [9.17, 15) is 13.6 Å². The molecule has 0 fully saturated rings. The maximum absolute atomic E-state index is 13.5. The monoisotopic (exact) mass is 330 g/mol. The van der Waals surface area contributed by atoms with Gasteiger partial charge in [0.1, 0.15) is 18.3 Å². The van der Waals surface area contributed by atoms with Gasteiger partial charge in [-0.05, 0) is 12.1 Å². The van der Waals surface area contributed by atoms with E-state index >= 15 is 0 Å². The Kier molecular flexibility index (Phi) is 4.20. The molecular formula is C11H9BrF2N4O. The summed E-state index contributed by atoms with van der Waals surface area (Å²) in [4.78, 5) is 15.3. The number of nitrogens with zero attached hydrogens (tertiary/aromatic N) is 3. The molecular weight excluding hydrogens is 322 g/mol. The summed E-state index contributed by atoms with van der Waals surface area (Å²) < 4.78 is 28.7. The Labute approximate surface area is 115 Å². The van der Waals surface area contributed by atoms with E-state index in [-0.39, 0.29) is 17.4 Å². The molecule has 1 aromatic heterocycles. The normalized spacial score (nSPS) is 10.5. The van der Waals surface area contributed by atoms with Crippen molar-refractivity contribution in [1.82, 2.24) is 14.8 Å². The van der Waals surface area contributed by atoms with Gasteiger partial charge in [-0.1, -0.05) is 15.9 Å². The Morgan fingerprint density at radius 2 is 2.05 bits per heavy atom. The fourth-order valence-electron chi connectivity index (χ4n) is 1.43.